The van der Waals surface area contributed by atoms with Crippen LogP contribution in [0.5, 0.6) is 0 Å². The van der Waals surface area contributed by atoms with Crippen LogP contribution in [0.4, 0.5) is 5.69 Å². The number of fused-ring (bicyclic) bond motifs is 1. The Bertz CT molecular complexity index is 897. The monoisotopic (exact) mass is 407 g/mol. The molecule has 1 aliphatic carbocycles. The number of rotatable bonds is 4. The number of nitrogens with two attached hydrogens (primary N) is 1. The van der Waals surface area contributed by atoms with E-state index in [-0.39, 0.29) is 36.6 Å². The molecule has 0 unspecified atom stereocenters. The van der Waals surface area contributed by atoms with Gasteiger partial charge in [-0.3, -0.25) is 9.36 Å². The van der Waals surface area contributed by atoms with Crippen LogP contribution in [0, 0.1) is 11.8 Å². The van der Waals surface area contributed by atoms with Crippen LogP contribution in [-0.4, -0.2) is 27.0 Å². The highest BCUT2D eigenvalue weighted by molar-refractivity contribution is 5.92. The number of halogens is 2. The van der Waals surface area contributed by atoms with E-state index in [2.05, 4.69) is 15.3 Å². The maximum atomic E-state index is 12.5. The lowest BCUT2D eigenvalue weighted by atomic mass is 9.95. The maximum Gasteiger partial charge on any atom is 0.227 e. The van der Waals surface area contributed by atoms with Crippen LogP contribution >= 0.6 is 24.8 Å². The van der Waals surface area contributed by atoms with Crippen molar-refractivity contribution in [1.29, 1.82) is 0 Å². The summed E-state index contributed by atoms with van der Waals surface area (Å²) in [7, 11) is 0. The molecule has 3 aromatic rings. The Hall–Kier alpha value is -2.15. The number of amides is 1. The molecule has 2 aromatic heterocycles. The van der Waals surface area contributed by atoms with Crippen LogP contribution in [-0.2, 0) is 4.79 Å². The molecule has 27 heavy (non-hydrogen) atoms. The van der Waals surface area contributed by atoms with Crippen LogP contribution < -0.4 is 11.1 Å². The molecule has 1 aromatic carbocycles. The van der Waals surface area contributed by atoms with Gasteiger partial charge in [0.05, 0.1) is 22.9 Å². The summed E-state index contributed by atoms with van der Waals surface area (Å²) in [5, 5.41) is 2.98. The number of benzene rings is 1. The van der Waals surface area contributed by atoms with Gasteiger partial charge in [0.1, 0.15) is 12.1 Å². The molecule has 144 valence electrons. The maximum absolute atomic E-state index is 12.5. The summed E-state index contributed by atoms with van der Waals surface area (Å²) in [6.45, 7) is 0.572. The van der Waals surface area contributed by atoms with E-state index in [9.17, 15) is 4.79 Å². The van der Waals surface area contributed by atoms with Crippen molar-refractivity contribution in [2.24, 2.45) is 17.6 Å². The summed E-state index contributed by atoms with van der Waals surface area (Å²) in [5.74, 6) is 1.13. The molecule has 1 amide bonds. The minimum Gasteiger partial charge on any atom is -0.330 e. The van der Waals surface area contributed by atoms with Crippen molar-refractivity contribution in [1.82, 2.24) is 14.5 Å². The number of para-hydroxylation sites is 2. The fourth-order valence-corrected chi connectivity index (χ4v) is 3.64. The Morgan fingerprint density at radius 3 is 2.70 bits per heavy atom. The van der Waals surface area contributed by atoms with Crippen molar-refractivity contribution in [3.63, 3.8) is 0 Å². The van der Waals surface area contributed by atoms with Gasteiger partial charge in [-0.05, 0) is 49.6 Å². The lowest BCUT2D eigenvalue weighted by Crippen LogP contribution is -2.29. The lowest BCUT2D eigenvalue weighted by molar-refractivity contribution is -0.120. The molecule has 3 N–H and O–H groups in total. The number of hydrogen-bond acceptors (Lipinski definition) is 4. The summed E-state index contributed by atoms with van der Waals surface area (Å²) in [4.78, 5) is 21.3. The number of carbonyl (C=O) groups is 1. The van der Waals surface area contributed by atoms with Crippen molar-refractivity contribution < 1.29 is 4.79 Å². The molecule has 1 saturated carbocycles. The predicted molar refractivity (Wildman–Crippen MR) is 112 cm³/mol. The number of nitrogens with one attached hydrogen (secondary N) is 1. The number of imidazole rings is 1. The summed E-state index contributed by atoms with van der Waals surface area (Å²) in [6.07, 6.45) is 6.48. The van der Waals surface area contributed by atoms with Crippen molar-refractivity contribution in [2.45, 2.75) is 19.3 Å². The van der Waals surface area contributed by atoms with Gasteiger partial charge in [0.15, 0.2) is 0 Å². The van der Waals surface area contributed by atoms with Gasteiger partial charge in [0.2, 0.25) is 5.91 Å². The molecule has 0 spiro atoms. The number of aromatic nitrogens is 3. The number of anilines is 1. The average molecular weight is 408 g/mol. The number of hydrogen-bond donors (Lipinski definition) is 2. The highest BCUT2D eigenvalue weighted by Crippen LogP contribution is 2.31. The van der Waals surface area contributed by atoms with Crippen molar-refractivity contribution in [3.8, 4) is 5.82 Å². The van der Waals surface area contributed by atoms with Gasteiger partial charge in [-0.15, -0.1) is 24.8 Å². The second kappa shape index (κ2) is 9.17. The topological polar surface area (TPSA) is 85.8 Å². The average Bonchev–Trinajstić information content (AvgIpc) is 3.29. The molecule has 2 heterocycles. The van der Waals surface area contributed by atoms with Crippen LogP contribution in [0.25, 0.3) is 16.9 Å². The molecule has 0 saturated heterocycles. The zero-order valence-electron chi connectivity index (χ0n) is 14.7. The van der Waals surface area contributed by atoms with Gasteiger partial charge >= 0.3 is 0 Å². The fourth-order valence-electron chi connectivity index (χ4n) is 3.64. The first-order chi connectivity index (χ1) is 12.3. The van der Waals surface area contributed by atoms with Gasteiger partial charge in [0.25, 0.3) is 0 Å². The molecule has 4 rings (SSSR count). The van der Waals surface area contributed by atoms with Crippen LogP contribution in [0.3, 0.4) is 0 Å². The van der Waals surface area contributed by atoms with E-state index in [1.807, 2.05) is 41.0 Å². The Morgan fingerprint density at radius 1 is 1.15 bits per heavy atom. The van der Waals surface area contributed by atoms with E-state index in [0.717, 1.165) is 36.1 Å². The van der Waals surface area contributed by atoms with Crippen molar-refractivity contribution >= 4 is 47.4 Å². The Kier molecular flexibility index (Phi) is 7.18. The smallest absolute Gasteiger partial charge is 0.227 e. The lowest BCUT2D eigenvalue weighted by Gasteiger charge is -2.17. The first-order valence-corrected chi connectivity index (χ1v) is 8.65. The van der Waals surface area contributed by atoms with E-state index in [1.54, 1.807) is 12.5 Å². The van der Waals surface area contributed by atoms with Crippen LogP contribution in [0.15, 0.2) is 48.9 Å². The first-order valence-electron chi connectivity index (χ1n) is 8.65. The summed E-state index contributed by atoms with van der Waals surface area (Å²) >= 11 is 0. The molecular weight excluding hydrogens is 385 g/mol. The van der Waals surface area contributed by atoms with Gasteiger partial charge in [-0.25, -0.2) is 9.97 Å². The van der Waals surface area contributed by atoms with E-state index in [4.69, 9.17) is 5.73 Å². The SMILES string of the molecule is Cl.Cl.NC[C@H]1CCC[C@H]1C(=O)Nc1ccc(-n2cnc3ccccc32)nc1. The van der Waals surface area contributed by atoms with Gasteiger partial charge in [0, 0.05) is 5.92 Å². The molecular formula is C19H23Cl2N5O. The van der Waals surface area contributed by atoms with E-state index < -0.39 is 0 Å². The van der Waals surface area contributed by atoms with Crippen molar-refractivity contribution in [3.05, 3.63) is 48.9 Å². The first kappa shape index (κ1) is 21.2. The normalized spacial score (nSPS) is 18.6. The number of pyridine rings is 1. The van der Waals surface area contributed by atoms with Crippen molar-refractivity contribution in [2.75, 3.05) is 11.9 Å². The minimum atomic E-state index is 0. The fraction of sp³-hybridized carbons (Fsp3) is 0.316. The van der Waals surface area contributed by atoms with Gasteiger partial charge in [-0.2, -0.15) is 0 Å². The molecule has 1 aliphatic rings. The van der Waals surface area contributed by atoms with E-state index in [1.165, 1.54) is 0 Å². The number of nitrogens with zero attached hydrogens (tertiary/aromatic N) is 3. The second-order valence-corrected chi connectivity index (χ2v) is 6.53. The third-order valence-electron chi connectivity index (χ3n) is 5.01. The standard InChI is InChI=1S/C19H21N5O.2ClH/c20-10-13-4-3-5-15(13)19(25)23-14-8-9-18(21-11-14)24-12-22-16-6-1-2-7-17(16)24;;/h1-2,6-9,11-13,15H,3-5,10,20H2,(H,23,25);2*1H/t13-,15-;;/m1../s1. The third-order valence-corrected chi connectivity index (χ3v) is 5.01. The highest BCUT2D eigenvalue weighted by atomic mass is 35.5. The predicted octanol–water partition coefficient (Wildman–Crippen LogP) is 3.58. The molecule has 2 atom stereocenters. The molecule has 6 nitrogen and oxygen atoms in total. The van der Waals surface area contributed by atoms with Gasteiger partial charge in [-0.1, -0.05) is 18.6 Å². The molecule has 0 radical (unpaired) electrons. The van der Waals surface area contributed by atoms with Crippen LogP contribution in [0.2, 0.25) is 0 Å². The third kappa shape index (κ3) is 4.24. The van der Waals surface area contributed by atoms with E-state index >= 15 is 0 Å². The Labute approximate surface area is 170 Å². The largest absolute Gasteiger partial charge is 0.330 e. The minimum absolute atomic E-state index is 0. The van der Waals surface area contributed by atoms with Crippen LogP contribution in [0.1, 0.15) is 19.3 Å². The Morgan fingerprint density at radius 2 is 1.96 bits per heavy atom. The second-order valence-electron chi connectivity index (χ2n) is 6.53. The summed E-state index contributed by atoms with van der Waals surface area (Å²) in [6, 6.07) is 11.7. The summed E-state index contributed by atoms with van der Waals surface area (Å²) in [5.41, 5.74) is 8.41. The number of carbonyl (C=O) groups excluding carboxylic acids is 1. The zero-order chi connectivity index (χ0) is 17.2. The molecule has 1 fully saturated rings. The molecule has 0 bridgehead atoms. The Balaban J connectivity index is 0.00000131. The quantitative estimate of drug-likeness (QED) is 0.691. The van der Waals surface area contributed by atoms with Gasteiger partial charge < -0.3 is 11.1 Å². The summed E-state index contributed by atoms with van der Waals surface area (Å²) < 4.78 is 1.93. The zero-order valence-corrected chi connectivity index (χ0v) is 16.4. The molecule has 8 heteroatoms. The van der Waals surface area contributed by atoms with E-state index in [0.29, 0.717) is 18.2 Å². The molecule has 0 aliphatic heterocycles. The highest BCUT2D eigenvalue weighted by Gasteiger charge is 2.31.